The average Bonchev–Trinajstić information content (AvgIpc) is 2.71. The van der Waals surface area contributed by atoms with Crippen LogP contribution in [0.1, 0.15) is 17.0 Å². The first-order valence-electron chi connectivity index (χ1n) is 7.24. The van der Waals surface area contributed by atoms with E-state index < -0.39 is 0 Å². The number of carbonyl (C=O) groups excluding carboxylic acids is 1. The molecule has 0 spiro atoms. The van der Waals surface area contributed by atoms with Gasteiger partial charge in [0.25, 0.3) is 0 Å². The number of hydrogen-bond donors (Lipinski definition) is 0. The smallest absolute Gasteiger partial charge is 0.231 e. The lowest BCUT2D eigenvalue weighted by Crippen LogP contribution is -2.32. The number of amides is 1. The molecule has 0 bridgehead atoms. The Morgan fingerprint density at radius 1 is 1.23 bits per heavy atom. The van der Waals surface area contributed by atoms with Crippen molar-refractivity contribution in [2.24, 2.45) is 0 Å². The molecule has 2 aromatic carbocycles. The van der Waals surface area contributed by atoms with E-state index in [9.17, 15) is 4.79 Å². The number of likely N-dealkylation sites (N-methyl/N-ethyl adjacent to an activating group) is 1. The van der Waals surface area contributed by atoms with E-state index in [0.29, 0.717) is 13.0 Å². The topological polar surface area (TPSA) is 29.5 Å². The summed E-state index contributed by atoms with van der Waals surface area (Å²) >= 11 is 0. The molecular weight excluding hydrogens is 274 g/mol. The molecule has 0 radical (unpaired) electrons. The third-order valence-electron chi connectivity index (χ3n) is 3.91. The largest absolute Gasteiger partial charge is 0.457 e. The molecule has 1 aliphatic heterocycles. The number of para-hydroxylation sites is 2. The van der Waals surface area contributed by atoms with Gasteiger partial charge in [-0.15, -0.1) is 6.42 Å². The molecule has 0 fully saturated rings. The second-order valence-corrected chi connectivity index (χ2v) is 5.40. The highest BCUT2D eigenvalue weighted by Crippen LogP contribution is 2.39. The predicted octanol–water partition coefficient (Wildman–Crippen LogP) is 3.21. The van der Waals surface area contributed by atoms with Crippen molar-refractivity contribution in [3.63, 3.8) is 0 Å². The summed E-state index contributed by atoms with van der Waals surface area (Å²) in [6, 6.07) is 15.5. The van der Waals surface area contributed by atoms with Gasteiger partial charge in [-0.25, -0.2) is 0 Å². The highest BCUT2D eigenvalue weighted by Gasteiger charge is 2.30. The zero-order chi connectivity index (χ0) is 15.5. The normalized spacial score (nSPS) is 15.5. The number of benzene rings is 2. The fourth-order valence-corrected chi connectivity index (χ4v) is 2.78. The van der Waals surface area contributed by atoms with Crippen LogP contribution in [-0.2, 0) is 11.2 Å². The van der Waals surface area contributed by atoms with E-state index in [1.54, 1.807) is 11.9 Å². The van der Waals surface area contributed by atoms with Crippen molar-refractivity contribution in [2.75, 3.05) is 13.6 Å². The van der Waals surface area contributed by atoms with Gasteiger partial charge >= 0.3 is 0 Å². The van der Waals surface area contributed by atoms with Crippen molar-refractivity contribution in [1.82, 2.24) is 4.90 Å². The van der Waals surface area contributed by atoms with Crippen LogP contribution in [-0.4, -0.2) is 24.4 Å². The van der Waals surface area contributed by atoms with Gasteiger partial charge in [0, 0.05) is 12.6 Å². The van der Waals surface area contributed by atoms with Crippen molar-refractivity contribution in [1.29, 1.82) is 0 Å². The molecule has 1 aliphatic rings. The molecule has 22 heavy (non-hydrogen) atoms. The van der Waals surface area contributed by atoms with Crippen molar-refractivity contribution in [3.8, 4) is 23.8 Å². The zero-order valence-corrected chi connectivity index (χ0v) is 12.5. The molecule has 2 aromatic rings. The molecule has 3 heteroatoms. The van der Waals surface area contributed by atoms with E-state index in [1.165, 1.54) is 0 Å². The van der Waals surface area contributed by atoms with Crippen LogP contribution in [0, 0.1) is 12.3 Å². The fourth-order valence-electron chi connectivity index (χ4n) is 2.78. The summed E-state index contributed by atoms with van der Waals surface area (Å²) in [7, 11) is 1.74. The number of rotatable bonds is 2. The lowest BCUT2D eigenvalue weighted by atomic mass is 9.90. The second kappa shape index (κ2) is 5.95. The van der Waals surface area contributed by atoms with Gasteiger partial charge in [0.05, 0.1) is 12.5 Å². The van der Waals surface area contributed by atoms with E-state index in [2.05, 4.69) is 5.92 Å². The first kappa shape index (κ1) is 14.2. The maximum absolute atomic E-state index is 12.8. The standard InChI is InChI=1S/C19H17NO2/c1-3-12-20(2)19(21)16-13-14-8-4-6-10-17(14)22-18-11-7-5-9-15(16)18/h1,4-11,16H,12-13H2,2H3. The van der Waals surface area contributed by atoms with Gasteiger partial charge < -0.3 is 9.64 Å². The van der Waals surface area contributed by atoms with Gasteiger partial charge in [-0.2, -0.15) is 0 Å². The lowest BCUT2D eigenvalue weighted by molar-refractivity contribution is -0.130. The number of nitrogens with zero attached hydrogens (tertiary/aromatic N) is 1. The van der Waals surface area contributed by atoms with Crippen LogP contribution < -0.4 is 4.74 Å². The van der Waals surface area contributed by atoms with E-state index in [4.69, 9.17) is 11.2 Å². The summed E-state index contributed by atoms with van der Waals surface area (Å²) in [5, 5.41) is 0. The van der Waals surface area contributed by atoms with E-state index in [-0.39, 0.29) is 11.8 Å². The van der Waals surface area contributed by atoms with E-state index in [1.807, 2.05) is 48.5 Å². The average molecular weight is 291 g/mol. The van der Waals surface area contributed by atoms with Gasteiger partial charge in [0.2, 0.25) is 5.91 Å². The Bertz CT molecular complexity index is 745. The first-order chi connectivity index (χ1) is 10.7. The molecule has 0 saturated carbocycles. The summed E-state index contributed by atoms with van der Waals surface area (Å²) in [5.41, 5.74) is 1.94. The number of fused-ring (bicyclic) bond motifs is 2. The number of hydrogen-bond acceptors (Lipinski definition) is 2. The lowest BCUT2D eigenvalue weighted by Gasteiger charge is -2.22. The SMILES string of the molecule is C#CCN(C)C(=O)C1Cc2ccccc2Oc2ccccc21. The van der Waals surface area contributed by atoms with Crippen molar-refractivity contribution < 1.29 is 9.53 Å². The van der Waals surface area contributed by atoms with E-state index >= 15 is 0 Å². The molecule has 3 nitrogen and oxygen atoms in total. The molecule has 1 atom stereocenters. The maximum atomic E-state index is 12.8. The Morgan fingerprint density at radius 2 is 1.91 bits per heavy atom. The molecule has 0 saturated heterocycles. The third kappa shape index (κ3) is 2.56. The zero-order valence-electron chi connectivity index (χ0n) is 12.5. The van der Waals surface area contributed by atoms with Crippen LogP contribution in [0.2, 0.25) is 0 Å². The molecule has 0 aliphatic carbocycles. The minimum absolute atomic E-state index is 0.0192. The van der Waals surface area contributed by atoms with Crippen LogP contribution >= 0.6 is 0 Å². The van der Waals surface area contributed by atoms with E-state index in [0.717, 1.165) is 22.6 Å². The minimum Gasteiger partial charge on any atom is -0.457 e. The predicted molar refractivity (Wildman–Crippen MR) is 85.9 cm³/mol. The van der Waals surface area contributed by atoms with Crippen LogP contribution in [0.25, 0.3) is 0 Å². The van der Waals surface area contributed by atoms with Crippen molar-refractivity contribution in [2.45, 2.75) is 12.3 Å². The molecule has 0 N–H and O–H groups in total. The number of terminal acetylenes is 1. The molecule has 110 valence electrons. The quantitative estimate of drug-likeness (QED) is 0.795. The third-order valence-corrected chi connectivity index (χ3v) is 3.91. The minimum atomic E-state index is -0.279. The summed E-state index contributed by atoms with van der Waals surface area (Å²) < 4.78 is 6.01. The summed E-state index contributed by atoms with van der Waals surface area (Å²) in [4.78, 5) is 14.4. The fraction of sp³-hybridized carbons (Fsp3) is 0.211. The van der Waals surface area contributed by atoms with Gasteiger partial charge in [-0.05, 0) is 24.1 Å². The Balaban J connectivity index is 2.06. The van der Waals surface area contributed by atoms with Crippen LogP contribution in [0.5, 0.6) is 11.5 Å². The Labute approximate surface area is 130 Å². The highest BCUT2D eigenvalue weighted by atomic mass is 16.5. The summed E-state index contributed by atoms with van der Waals surface area (Å²) in [5.74, 6) is 3.81. The van der Waals surface area contributed by atoms with Crippen LogP contribution in [0.3, 0.4) is 0 Å². The molecule has 3 rings (SSSR count). The molecule has 1 amide bonds. The Hall–Kier alpha value is -2.73. The molecule has 0 aromatic heterocycles. The first-order valence-corrected chi connectivity index (χ1v) is 7.24. The Morgan fingerprint density at radius 3 is 2.68 bits per heavy atom. The maximum Gasteiger partial charge on any atom is 0.231 e. The monoisotopic (exact) mass is 291 g/mol. The van der Waals surface area contributed by atoms with Gasteiger partial charge in [0.1, 0.15) is 11.5 Å². The van der Waals surface area contributed by atoms with Crippen molar-refractivity contribution >= 4 is 5.91 Å². The molecule has 1 unspecified atom stereocenters. The van der Waals surface area contributed by atoms with Crippen LogP contribution in [0.4, 0.5) is 0 Å². The van der Waals surface area contributed by atoms with Crippen LogP contribution in [0.15, 0.2) is 48.5 Å². The highest BCUT2D eigenvalue weighted by molar-refractivity contribution is 5.85. The Kier molecular flexibility index (Phi) is 3.84. The summed E-state index contributed by atoms with van der Waals surface area (Å²) in [6.07, 6.45) is 5.94. The van der Waals surface area contributed by atoms with Gasteiger partial charge in [-0.3, -0.25) is 4.79 Å². The second-order valence-electron chi connectivity index (χ2n) is 5.40. The summed E-state index contributed by atoms with van der Waals surface area (Å²) in [6.45, 7) is 0.306. The number of ether oxygens (including phenoxy) is 1. The van der Waals surface area contributed by atoms with Crippen molar-refractivity contribution in [3.05, 3.63) is 59.7 Å². The molecular formula is C19H17NO2. The number of carbonyl (C=O) groups is 1. The molecule has 1 heterocycles. The van der Waals surface area contributed by atoms with Gasteiger partial charge in [-0.1, -0.05) is 42.3 Å². The van der Waals surface area contributed by atoms with Gasteiger partial charge in [0.15, 0.2) is 0 Å².